The smallest absolute Gasteiger partial charge is 0.262 e. The Morgan fingerprint density at radius 3 is 2.42 bits per heavy atom. The molecule has 1 aliphatic heterocycles. The molecule has 8 heteroatoms. The van der Waals surface area contributed by atoms with Crippen LogP contribution in [-0.2, 0) is 10.0 Å². The van der Waals surface area contributed by atoms with Gasteiger partial charge in [-0.2, -0.15) is 0 Å². The fourth-order valence-electron chi connectivity index (χ4n) is 2.86. The molecule has 0 amide bonds. The molecule has 0 atom stereocenters. The molecule has 0 unspecified atom stereocenters. The highest BCUT2D eigenvalue weighted by Crippen LogP contribution is 2.34. The number of aryl methyl sites for hydroxylation is 2. The van der Waals surface area contributed by atoms with E-state index >= 15 is 0 Å². The van der Waals surface area contributed by atoms with Crippen molar-refractivity contribution >= 4 is 15.7 Å². The molecule has 1 N–H and O–H groups in total. The number of benzene rings is 2. The number of fused-ring (bicyclic) bond motifs is 1. The number of hydrogen-bond acceptors (Lipinski definition) is 6. The van der Waals surface area contributed by atoms with Crippen molar-refractivity contribution in [3.8, 4) is 22.6 Å². The van der Waals surface area contributed by atoms with Crippen LogP contribution in [0.1, 0.15) is 11.5 Å². The van der Waals surface area contributed by atoms with E-state index in [-0.39, 0.29) is 11.7 Å². The molecule has 26 heavy (non-hydrogen) atoms. The highest BCUT2D eigenvalue weighted by atomic mass is 32.2. The van der Waals surface area contributed by atoms with Gasteiger partial charge in [0.25, 0.3) is 10.0 Å². The van der Waals surface area contributed by atoms with Crippen LogP contribution in [0.25, 0.3) is 11.1 Å². The Labute approximate surface area is 150 Å². The van der Waals surface area contributed by atoms with Crippen molar-refractivity contribution < 1.29 is 22.4 Å². The molecule has 0 saturated heterocycles. The van der Waals surface area contributed by atoms with Crippen molar-refractivity contribution in [1.82, 2.24) is 5.16 Å². The van der Waals surface area contributed by atoms with E-state index in [1.807, 2.05) is 26.0 Å². The summed E-state index contributed by atoms with van der Waals surface area (Å²) in [6, 6.07) is 11.6. The van der Waals surface area contributed by atoms with Gasteiger partial charge in [-0.15, -0.1) is 0 Å². The largest absolute Gasteiger partial charge is 0.454 e. The molecular weight excluding hydrogens is 356 g/mol. The van der Waals surface area contributed by atoms with Crippen molar-refractivity contribution in [1.29, 1.82) is 0 Å². The Bertz CT molecular complexity index is 1050. The van der Waals surface area contributed by atoms with Gasteiger partial charge in [0, 0.05) is 17.3 Å². The summed E-state index contributed by atoms with van der Waals surface area (Å²) in [5.41, 5.74) is 3.07. The first-order valence-electron chi connectivity index (χ1n) is 7.90. The van der Waals surface area contributed by atoms with Gasteiger partial charge in [0.05, 0.1) is 10.6 Å². The fourth-order valence-corrected chi connectivity index (χ4v) is 3.93. The number of nitrogens with zero attached hydrogens (tertiary/aromatic N) is 1. The van der Waals surface area contributed by atoms with Gasteiger partial charge in [-0.1, -0.05) is 17.3 Å². The molecule has 1 aromatic heterocycles. The van der Waals surface area contributed by atoms with Gasteiger partial charge < -0.3 is 14.0 Å². The minimum atomic E-state index is -3.73. The van der Waals surface area contributed by atoms with Gasteiger partial charge in [0.2, 0.25) is 6.79 Å². The highest BCUT2D eigenvalue weighted by molar-refractivity contribution is 7.92. The Morgan fingerprint density at radius 2 is 1.73 bits per heavy atom. The van der Waals surface area contributed by atoms with E-state index in [0.717, 1.165) is 22.6 Å². The second kappa shape index (κ2) is 6.06. The summed E-state index contributed by atoms with van der Waals surface area (Å²) >= 11 is 0. The average molecular weight is 372 g/mol. The maximum atomic E-state index is 12.6. The highest BCUT2D eigenvalue weighted by Gasteiger charge is 2.20. The van der Waals surface area contributed by atoms with Crippen molar-refractivity contribution in [2.24, 2.45) is 0 Å². The van der Waals surface area contributed by atoms with Crippen LogP contribution in [-0.4, -0.2) is 20.4 Å². The molecule has 3 aromatic rings. The Morgan fingerprint density at radius 1 is 1.00 bits per heavy atom. The molecule has 2 heterocycles. The summed E-state index contributed by atoms with van der Waals surface area (Å²) in [7, 11) is -3.73. The zero-order valence-corrected chi connectivity index (χ0v) is 15.0. The second-order valence-electron chi connectivity index (χ2n) is 5.90. The van der Waals surface area contributed by atoms with Crippen molar-refractivity contribution in [2.45, 2.75) is 18.7 Å². The number of ether oxygens (including phenoxy) is 2. The van der Waals surface area contributed by atoms with E-state index < -0.39 is 10.0 Å². The maximum Gasteiger partial charge on any atom is 0.262 e. The van der Waals surface area contributed by atoms with E-state index in [4.69, 9.17) is 14.0 Å². The molecular formula is C18H16N2O5S. The van der Waals surface area contributed by atoms with Crippen molar-refractivity contribution in [3.05, 3.63) is 53.9 Å². The molecule has 0 saturated carbocycles. The molecule has 7 nitrogen and oxygen atoms in total. The van der Waals surface area contributed by atoms with E-state index in [9.17, 15) is 8.42 Å². The van der Waals surface area contributed by atoms with E-state index in [2.05, 4.69) is 9.88 Å². The predicted octanol–water partition coefficient (Wildman–Crippen LogP) is 3.49. The Balaban J connectivity index is 1.59. The number of aromatic nitrogens is 1. The number of nitrogens with one attached hydrogen (secondary N) is 1. The quantitative estimate of drug-likeness (QED) is 0.754. The van der Waals surface area contributed by atoms with E-state index in [0.29, 0.717) is 17.2 Å². The molecule has 0 radical (unpaired) electrons. The summed E-state index contributed by atoms with van der Waals surface area (Å²) < 4.78 is 43.4. The molecule has 2 aromatic carbocycles. The van der Waals surface area contributed by atoms with Crippen LogP contribution >= 0.6 is 0 Å². The Kier molecular flexibility index (Phi) is 3.84. The lowest BCUT2D eigenvalue weighted by Gasteiger charge is -2.09. The van der Waals surface area contributed by atoms with Crippen LogP contribution in [0.5, 0.6) is 11.5 Å². The van der Waals surface area contributed by atoms with E-state index in [1.165, 1.54) is 12.1 Å². The standard InChI is InChI=1S/C18H16N2O5S/c1-11-18(12(2)25-19-11)13-3-5-14(6-4-13)20-26(21,22)15-7-8-16-17(9-15)24-10-23-16/h3-9,20H,10H2,1-2H3. The minimum absolute atomic E-state index is 0.0927. The lowest BCUT2D eigenvalue weighted by Crippen LogP contribution is -2.12. The molecule has 0 fully saturated rings. The number of sulfonamides is 1. The summed E-state index contributed by atoms with van der Waals surface area (Å²) in [5.74, 6) is 1.67. The normalized spacial score (nSPS) is 13.0. The zero-order valence-electron chi connectivity index (χ0n) is 14.1. The first-order valence-corrected chi connectivity index (χ1v) is 9.38. The molecule has 4 rings (SSSR count). The topological polar surface area (TPSA) is 90.7 Å². The van der Waals surface area contributed by atoms with Gasteiger partial charge in [0.1, 0.15) is 5.76 Å². The molecule has 0 bridgehead atoms. The summed E-state index contributed by atoms with van der Waals surface area (Å²) in [5, 5.41) is 3.93. The first kappa shape index (κ1) is 16.5. The number of rotatable bonds is 4. The van der Waals surface area contributed by atoms with Crippen molar-refractivity contribution in [2.75, 3.05) is 11.5 Å². The third-order valence-corrected chi connectivity index (χ3v) is 5.49. The molecule has 0 aliphatic carbocycles. The van der Waals surface area contributed by atoms with Crippen molar-refractivity contribution in [3.63, 3.8) is 0 Å². The van der Waals surface area contributed by atoms with Crippen LogP contribution in [0.4, 0.5) is 5.69 Å². The summed E-state index contributed by atoms with van der Waals surface area (Å²) in [4.78, 5) is 0.108. The lowest BCUT2D eigenvalue weighted by atomic mass is 10.0. The average Bonchev–Trinajstić information content (AvgIpc) is 3.21. The van der Waals surface area contributed by atoms with Gasteiger partial charge in [0.15, 0.2) is 11.5 Å². The van der Waals surface area contributed by atoms with Crippen LogP contribution in [0.3, 0.4) is 0 Å². The molecule has 0 spiro atoms. The van der Waals surface area contributed by atoms with E-state index in [1.54, 1.807) is 18.2 Å². The maximum absolute atomic E-state index is 12.6. The predicted molar refractivity (Wildman–Crippen MR) is 94.8 cm³/mol. The molecule has 1 aliphatic rings. The monoisotopic (exact) mass is 372 g/mol. The van der Waals surface area contributed by atoms with Gasteiger partial charge in [-0.05, 0) is 43.7 Å². The molecule has 134 valence electrons. The zero-order chi connectivity index (χ0) is 18.3. The fraction of sp³-hybridized carbons (Fsp3) is 0.167. The second-order valence-corrected chi connectivity index (χ2v) is 7.58. The van der Waals surface area contributed by atoms with Crippen LogP contribution < -0.4 is 14.2 Å². The van der Waals surface area contributed by atoms with Crippen LogP contribution in [0.2, 0.25) is 0 Å². The van der Waals surface area contributed by atoms with Gasteiger partial charge >= 0.3 is 0 Å². The SMILES string of the molecule is Cc1noc(C)c1-c1ccc(NS(=O)(=O)c2ccc3c(c2)OCO3)cc1. The summed E-state index contributed by atoms with van der Waals surface area (Å²) in [6.07, 6.45) is 0. The van der Waals surface area contributed by atoms with Crippen LogP contribution in [0, 0.1) is 13.8 Å². The first-order chi connectivity index (χ1) is 12.4. The number of hydrogen-bond donors (Lipinski definition) is 1. The lowest BCUT2D eigenvalue weighted by molar-refractivity contribution is 0.174. The third-order valence-electron chi connectivity index (χ3n) is 4.11. The number of anilines is 1. The summed E-state index contributed by atoms with van der Waals surface area (Å²) in [6.45, 7) is 3.79. The van der Waals surface area contributed by atoms with Crippen LogP contribution in [0.15, 0.2) is 51.9 Å². The van der Waals surface area contributed by atoms with Gasteiger partial charge in [-0.25, -0.2) is 8.42 Å². The minimum Gasteiger partial charge on any atom is -0.454 e. The third kappa shape index (κ3) is 2.88. The Hall–Kier alpha value is -3.00. The van der Waals surface area contributed by atoms with Gasteiger partial charge in [-0.3, -0.25) is 4.72 Å².